The number of piperidine rings is 2. The van der Waals surface area contributed by atoms with Crippen molar-refractivity contribution in [2.45, 2.75) is 75.8 Å². The van der Waals surface area contributed by atoms with Crippen LogP contribution in [0.4, 0.5) is 4.39 Å². The zero-order valence-corrected chi connectivity index (χ0v) is 18.1. The normalized spacial score (nSPS) is 33.3. The van der Waals surface area contributed by atoms with E-state index in [0.717, 1.165) is 37.2 Å². The van der Waals surface area contributed by atoms with E-state index in [1.807, 2.05) is 17.8 Å². The average Bonchev–Trinajstić information content (AvgIpc) is 3.36. The number of ether oxygens (including phenoxy) is 1. The summed E-state index contributed by atoms with van der Waals surface area (Å²) in [7, 11) is 3.36. The average molecular weight is 412 g/mol. The summed E-state index contributed by atoms with van der Waals surface area (Å²) in [6.45, 7) is 2.42. The maximum Gasteiger partial charge on any atom is 0.223 e. The third kappa shape index (κ3) is 2.51. The van der Waals surface area contributed by atoms with Crippen molar-refractivity contribution in [3.05, 3.63) is 23.8 Å². The molecule has 2 atom stereocenters. The van der Waals surface area contributed by atoms with Crippen LogP contribution in [-0.2, 0) is 17.3 Å². The molecular formula is C24H30FN3O2. The molecule has 0 N–H and O–H groups in total. The lowest BCUT2D eigenvalue weighted by atomic mass is 9.56. The lowest BCUT2D eigenvalue weighted by Gasteiger charge is -2.61. The fourth-order valence-corrected chi connectivity index (χ4v) is 7.32. The van der Waals surface area contributed by atoms with E-state index in [4.69, 9.17) is 4.74 Å². The minimum atomic E-state index is -0.361. The molecule has 4 heterocycles. The fourth-order valence-electron chi connectivity index (χ4n) is 7.32. The third-order valence-corrected chi connectivity index (χ3v) is 8.55. The molecule has 2 aliphatic heterocycles. The van der Waals surface area contributed by atoms with Gasteiger partial charge in [0.05, 0.1) is 18.7 Å². The quantitative estimate of drug-likeness (QED) is 0.753. The highest BCUT2D eigenvalue weighted by atomic mass is 19.1. The molecule has 2 aromatic heterocycles. The predicted molar refractivity (Wildman–Crippen MR) is 112 cm³/mol. The second kappa shape index (κ2) is 5.98. The molecule has 0 radical (unpaired) electrons. The van der Waals surface area contributed by atoms with E-state index >= 15 is 4.39 Å². The summed E-state index contributed by atoms with van der Waals surface area (Å²) in [6.07, 6.45) is 11.8. The molecule has 2 unspecified atom stereocenters. The van der Waals surface area contributed by atoms with Crippen molar-refractivity contribution >= 4 is 16.9 Å². The van der Waals surface area contributed by atoms with E-state index in [0.29, 0.717) is 35.0 Å². The van der Waals surface area contributed by atoms with E-state index < -0.39 is 0 Å². The highest BCUT2D eigenvalue weighted by molar-refractivity contribution is 5.87. The molecule has 4 bridgehead atoms. The number of halogens is 1. The number of aromatic nitrogens is 2. The van der Waals surface area contributed by atoms with Crippen LogP contribution in [0.15, 0.2) is 12.4 Å². The van der Waals surface area contributed by atoms with E-state index in [1.54, 1.807) is 0 Å². The molecule has 1 amide bonds. The largest absolute Gasteiger partial charge is 0.492 e. The summed E-state index contributed by atoms with van der Waals surface area (Å²) in [5.41, 5.74) is 1.72. The molecule has 7 rings (SSSR count). The molecule has 5 nitrogen and oxygen atoms in total. The van der Waals surface area contributed by atoms with Crippen LogP contribution in [0.2, 0.25) is 0 Å². The Hall–Kier alpha value is -2.11. The summed E-state index contributed by atoms with van der Waals surface area (Å²) < 4.78 is 22.3. The molecule has 0 aromatic carbocycles. The molecule has 160 valence electrons. The number of carbonyl (C=O) groups is 1. The Kier molecular flexibility index (Phi) is 3.72. The van der Waals surface area contributed by atoms with E-state index in [9.17, 15) is 4.79 Å². The van der Waals surface area contributed by atoms with Crippen LogP contribution in [0, 0.1) is 17.2 Å². The monoisotopic (exact) mass is 411 g/mol. The van der Waals surface area contributed by atoms with E-state index in [1.165, 1.54) is 32.6 Å². The van der Waals surface area contributed by atoms with Gasteiger partial charge in [-0.25, -0.2) is 9.37 Å². The van der Waals surface area contributed by atoms with Crippen molar-refractivity contribution in [1.29, 1.82) is 0 Å². The first-order valence-electron chi connectivity index (χ1n) is 11.3. The van der Waals surface area contributed by atoms with Gasteiger partial charge in [0, 0.05) is 37.2 Å². The van der Waals surface area contributed by atoms with Crippen LogP contribution < -0.4 is 4.74 Å². The predicted octanol–water partition coefficient (Wildman–Crippen LogP) is 4.32. The molecule has 5 aliphatic rings. The zero-order valence-electron chi connectivity index (χ0n) is 18.1. The first-order chi connectivity index (χ1) is 14.3. The summed E-state index contributed by atoms with van der Waals surface area (Å²) in [6, 6.07) is 0.825. The number of rotatable bonds is 4. The molecule has 2 saturated heterocycles. The molecule has 0 spiro atoms. The van der Waals surface area contributed by atoms with Crippen LogP contribution in [0.5, 0.6) is 5.75 Å². The van der Waals surface area contributed by atoms with Gasteiger partial charge in [-0.3, -0.25) is 4.79 Å². The molecule has 5 fully saturated rings. The van der Waals surface area contributed by atoms with Crippen LogP contribution in [0.1, 0.15) is 63.9 Å². The Balaban J connectivity index is 1.33. The first-order valence-corrected chi connectivity index (χ1v) is 11.3. The van der Waals surface area contributed by atoms with Crippen molar-refractivity contribution < 1.29 is 13.9 Å². The summed E-state index contributed by atoms with van der Waals surface area (Å²) in [4.78, 5) is 20.3. The van der Waals surface area contributed by atoms with Crippen molar-refractivity contribution in [2.75, 3.05) is 7.11 Å². The van der Waals surface area contributed by atoms with Gasteiger partial charge in [0.1, 0.15) is 5.65 Å². The van der Waals surface area contributed by atoms with Gasteiger partial charge in [0.25, 0.3) is 0 Å². The standard InChI is InChI=1S/C24H30FN3O2/c1-23-8-14-6-15(9-23)28(16(7-14)10-23)19(29)11-24(4-5-24)17-13-27(2)22-20(17)21(25)18(30-3)12-26-22/h12-16H,4-11H2,1-3H3. The van der Waals surface area contributed by atoms with Gasteiger partial charge in [-0.2, -0.15) is 0 Å². The van der Waals surface area contributed by atoms with Crippen LogP contribution in [0.3, 0.4) is 0 Å². The first kappa shape index (κ1) is 18.6. The number of methoxy groups -OCH3 is 1. The lowest BCUT2D eigenvalue weighted by molar-refractivity contribution is -0.156. The van der Waals surface area contributed by atoms with Gasteiger partial charge < -0.3 is 14.2 Å². The maximum atomic E-state index is 15.2. The van der Waals surface area contributed by atoms with Crippen LogP contribution >= 0.6 is 0 Å². The highest BCUT2D eigenvalue weighted by Crippen LogP contribution is 2.58. The Labute approximate surface area is 176 Å². The molecule has 3 aliphatic carbocycles. The smallest absolute Gasteiger partial charge is 0.223 e. The molecule has 3 saturated carbocycles. The molecule has 2 aromatic rings. The Morgan fingerprint density at radius 3 is 2.57 bits per heavy atom. The van der Waals surface area contributed by atoms with Gasteiger partial charge in [-0.1, -0.05) is 6.92 Å². The third-order valence-electron chi connectivity index (χ3n) is 8.55. The topological polar surface area (TPSA) is 47.4 Å². The maximum absolute atomic E-state index is 15.2. The fraction of sp³-hybridized carbons (Fsp3) is 0.667. The number of carbonyl (C=O) groups excluding carboxylic acids is 1. The SMILES string of the molecule is COc1cnc2c(c(C3(CC(=O)N4C5CC6CC4CC(C)(C6)C5)CC3)cn2C)c1F. The number of pyridine rings is 1. The number of amides is 1. The minimum Gasteiger partial charge on any atom is -0.492 e. The number of hydrogen-bond donors (Lipinski definition) is 0. The number of nitrogens with zero attached hydrogens (tertiary/aromatic N) is 3. The molecular weight excluding hydrogens is 381 g/mol. The molecule has 6 heteroatoms. The van der Waals surface area contributed by atoms with Gasteiger partial charge in [0.2, 0.25) is 5.91 Å². The van der Waals surface area contributed by atoms with E-state index in [2.05, 4.69) is 16.8 Å². The summed E-state index contributed by atoms with van der Waals surface area (Å²) >= 11 is 0. The van der Waals surface area contributed by atoms with Crippen LogP contribution in [0.25, 0.3) is 11.0 Å². The number of hydrogen-bond acceptors (Lipinski definition) is 3. The Morgan fingerprint density at radius 2 is 1.97 bits per heavy atom. The molecule has 30 heavy (non-hydrogen) atoms. The van der Waals surface area contributed by atoms with Gasteiger partial charge in [-0.05, 0) is 61.8 Å². The number of fused-ring (bicyclic) bond motifs is 1. The van der Waals surface area contributed by atoms with Crippen molar-refractivity contribution in [3.8, 4) is 5.75 Å². The van der Waals surface area contributed by atoms with Crippen LogP contribution in [-0.4, -0.2) is 39.6 Å². The second-order valence-corrected chi connectivity index (χ2v) is 10.8. The lowest BCUT2D eigenvalue weighted by Crippen LogP contribution is -2.62. The zero-order chi connectivity index (χ0) is 20.8. The van der Waals surface area contributed by atoms with Gasteiger partial charge >= 0.3 is 0 Å². The van der Waals surface area contributed by atoms with Crippen molar-refractivity contribution in [3.63, 3.8) is 0 Å². The van der Waals surface area contributed by atoms with Gasteiger partial charge in [-0.15, -0.1) is 0 Å². The highest BCUT2D eigenvalue weighted by Gasteiger charge is 2.56. The van der Waals surface area contributed by atoms with Crippen molar-refractivity contribution in [1.82, 2.24) is 14.5 Å². The minimum absolute atomic E-state index is 0.162. The second-order valence-electron chi connectivity index (χ2n) is 10.8. The Bertz CT molecular complexity index is 1040. The van der Waals surface area contributed by atoms with E-state index in [-0.39, 0.29) is 22.9 Å². The summed E-state index contributed by atoms with van der Waals surface area (Å²) in [5.74, 6) is 0.880. The van der Waals surface area contributed by atoms with Crippen molar-refractivity contribution in [2.24, 2.45) is 18.4 Å². The number of aryl methyl sites for hydroxylation is 1. The summed E-state index contributed by atoms with van der Waals surface area (Å²) in [5, 5.41) is 0.523. The Morgan fingerprint density at radius 1 is 1.27 bits per heavy atom. The van der Waals surface area contributed by atoms with Gasteiger partial charge in [0.15, 0.2) is 11.6 Å².